The monoisotopic (exact) mass is 288 g/mol. The fourth-order valence-electron chi connectivity index (χ4n) is 1.91. The fourth-order valence-corrected chi connectivity index (χ4v) is 1.91. The summed E-state index contributed by atoms with van der Waals surface area (Å²) in [6.07, 6.45) is 2.80. The third-order valence-corrected chi connectivity index (χ3v) is 3.06. The topological polar surface area (TPSA) is 93.2 Å². The molecule has 0 radical (unpaired) electrons. The molecule has 1 atom stereocenters. The number of nitrogens with zero attached hydrogens (tertiary/aromatic N) is 2. The van der Waals surface area contributed by atoms with Gasteiger partial charge in [0.25, 0.3) is 5.91 Å². The lowest BCUT2D eigenvalue weighted by molar-refractivity contribution is 0.0944. The van der Waals surface area contributed by atoms with Crippen molar-refractivity contribution in [2.75, 3.05) is 12.3 Å². The summed E-state index contributed by atoms with van der Waals surface area (Å²) in [6, 6.07) is 8.92. The van der Waals surface area contributed by atoms with E-state index in [0.717, 1.165) is 12.1 Å². The molecule has 112 valence electrons. The van der Waals surface area contributed by atoms with Crippen LogP contribution in [0.1, 0.15) is 30.3 Å². The van der Waals surface area contributed by atoms with Crippen LogP contribution < -0.4 is 11.1 Å². The maximum atomic E-state index is 11.9. The second-order valence-corrected chi connectivity index (χ2v) is 4.98. The highest BCUT2D eigenvalue weighted by atomic mass is 16.3. The molecule has 1 amide bonds. The van der Waals surface area contributed by atoms with Gasteiger partial charge in [-0.05, 0) is 50.1 Å². The Hall–Kier alpha value is -2.34. The first-order chi connectivity index (χ1) is 10.1. The summed E-state index contributed by atoms with van der Waals surface area (Å²) in [5, 5.41) is 16.2. The van der Waals surface area contributed by atoms with Gasteiger partial charge in [-0.15, -0.1) is 0 Å². The molecule has 2 rings (SSSR count). The van der Waals surface area contributed by atoms with Gasteiger partial charge in [-0.2, -0.15) is 5.10 Å². The highest BCUT2D eigenvalue weighted by molar-refractivity contribution is 5.92. The minimum Gasteiger partial charge on any atom is -0.399 e. The Morgan fingerprint density at radius 3 is 2.76 bits per heavy atom. The number of aliphatic hydroxyl groups is 1. The number of hydrogen-bond acceptors (Lipinski definition) is 4. The van der Waals surface area contributed by atoms with E-state index in [2.05, 4.69) is 10.4 Å². The van der Waals surface area contributed by atoms with Gasteiger partial charge in [0, 0.05) is 18.4 Å². The lowest BCUT2D eigenvalue weighted by Gasteiger charge is -2.05. The van der Waals surface area contributed by atoms with Gasteiger partial charge in [0.15, 0.2) is 5.69 Å². The molecule has 21 heavy (non-hydrogen) atoms. The van der Waals surface area contributed by atoms with Crippen molar-refractivity contribution >= 4 is 11.6 Å². The SMILES string of the molecule is CC(O)CCCNC(=O)c1ccn(-c2ccc(N)cc2)n1. The van der Waals surface area contributed by atoms with E-state index in [1.54, 1.807) is 36.0 Å². The van der Waals surface area contributed by atoms with E-state index in [1.165, 1.54) is 0 Å². The number of nitrogens with one attached hydrogen (secondary N) is 1. The largest absolute Gasteiger partial charge is 0.399 e. The molecule has 1 unspecified atom stereocenters. The number of carbonyl (C=O) groups excluding carboxylic acids is 1. The molecular weight excluding hydrogens is 268 g/mol. The van der Waals surface area contributed by atoms with Crippen molar-refractivity contribution in [2.45, 2.75) is 25.9 Å². The molecule has 0 fully saturated rings. The zero-order chi connectivity index (χ0) is 15.2. The molecular formula is C15H20N4O2. The van der Waals surface area contributed by atoms with Crippen LogP contribution in [-0.2, 0) is 0 Å². The third kappa shape index (κ3) is 4.32. The number of amides is 1. The van der Waals surface area contributed by atoms with Gasteiger partial charge in [-0.25, -0.2) is 4.68 Å². The number of nitrogen functional groups attached to an aromatic ring is 1. The van der Waals surface area contributed by atoms with Gasteiger partial charge in [0.05, 0.1) is 11.8 Å². The summed E-state index contributed by atoms with van der Waals surface area (Å²) in [5.41, 5.74) is 7.53. The molecule has 1 heterocycles. The lowest BCUT2D eigenvalue weighted by atomic mass is 10.2. The summed E-state index contributed by atoms with van der Waals surface area (Å²) in [5.74, 6) is -0.213. The second-order valence-electron chi connectivity index (χ2n) is 4.98. The zero-order valence-electron chi connectivity index (χ0n) is 12.0. The summed E-state index contributed by atoms with van der Waals surface area (Å²) in [7, 11) is 0. The fraction of sp³-hybridized carbons (Fsp3) is 0.333. The smallest absolute Gasteiger partial charge is 0.271 e. The van der Waals surface area contributed by atoms with Crippen LogP contribution in [0.4, 0.5) is 5.69 Å². The predicted octanol–water partition coefficient (Wildman–Crippen LogP) is 1.35. The van der Waals surface area contributed by atoms with Gasteiger partial charge < -0.3 is 16.2 Å². The molecule has 0 aliphatic carbocycles. The quantitative estimate of drug-likeness (QED) is 0.552. The Balaban J connectivity index is 1.93. The van der Waals surface area contributed by atoms with Crippen LogP contribution >= 0.6 is 0 Å². The van der Waals surface area contributed by atoms with E-state index < -0.39 is 0 Å². The van der Waals surface area contributed by atoms with E-state index >= 15 is 0 Å². The number of rotatable bonds is 6. The van der Waals surface area contributed by atoms with Gasteiger partial charge in [-0.3, -0.25) is 4.79 Å². The average molecular weight is 288 g/mol. The van der Waals surface area contributed by atoms with E-state index in [9.17, 15) is 4.79 Å². The first-order valence-electron chi connectivity index (χ1n) is 6.94. The molecule has 6 nitrogen and oxygen atoms in total. The Labute approximate surface area is 123 Å². The first-order valence-corrected chi connectivity index (χ1v) is 6.94. The van der Waals surface area contributed by atoms with Crippen molar-refractivity contribution in [3.8, 4) is 5.69 Å². The second kappa shape index (κ2) is 6.90. The first kappa shape index (κ1) is 15.1. The summed E-state index contributed by atoms with van der Waals surface area (Å²) >= 11 is 0. The van der Waals surface area contributed by atoms with Crippen LogP contribution in [0.2, 0.25) is 0 Å². The van der Waals surface area contributed by atoms with E-state index in [1.807, 2.05) is 12.1 Å². The van der Waals surface area contributed by atoms with Crippen LogP contribution in [0, 0.1) is 0 Å². The number of aromatic nitrogens is 2. The third-order valence-electron chi connectivity index (χ3n) is 3.06. The lowest BCUT2D eigenvalue weighted by Crippen LogP contribution is -2.25. The van der Waals surface area contributed by atoms with Gasteiger partial charge in [-0.1, -0.05) is 0 Å². The molecule has 0 bridgehead atoms. The van der Waals surface area contributed by atoms with Crippen molar-refractivity contribution in [1.29, 1.82) is 0 Å². The van der Waals surface area contributed by atoms with Crippen molar-refractivity contribution in [1.82, 2.24) is 15.1 Å². The van der Waals surface area contributed by atoms with Gasteiger partial charge >= 0.3 is 0 Å². The standard InChI is InChI=1S/C15H20N4O2/c1-11(20)3-2-9-17-15(21)14-8-10-19(18-14)13-6-4-12(16)5-7-13/h4-8,10-11,20H,2-3,9,16H2,1H3,(H,17,21). The average Bonchev–Trinajstić information content (AvgIpc) is 2.94. The van der Waals surface area contributed by atoms with Crippen LogP contribution in [0.3, 0.4) is 0 Å². The molecule has 0 aliphatic heterocycles. The molecule has 1 aromatic heterocycles. The molecule has 0 saturated heterocycles. The van der Waals surface area contributed by atoms with Crippen molar-refractivity contribution in [2.24, 2.45) is 0 Å². The van der Waals surface area contributed by atoms with Crippen molar-refractivity contribution in [3.05, 3.63) is 42.2 Å². The van der Waals surface area contributed by atoms with Gasteiger partial charge in [0.2, 0.25) is 0 Å². The van der Waals surface area contributed by atoms with Crippen LogP contribution in [0.25, 0.3) is 5.69 Å². The van der Waals surface area contributed by atoms with E-state index in [-0.39, 0.29) is 12.0 Å². The maximum Gasteiger partial charge on any atom is 0.271 e. The van der Waals surface area contributed by atoms with Gasteiger partial charge in [0.1, 0.15) is 0 Å². The van der Waals surface area contributed by atoms with Crippen LogP contribution in [0.5, 0.6) is 0 Å². The summed E-state index contributed by atoms with van der Waals surface area (Å²) in [6.45, 7) is 2.26. The molecule has 6 heteroatoms. The normalized spacial score (nSPS) is 12.1. The minimum atomic E-state index is -0.341. The van der Waals surface area contributed by atoms with Crippen LogP contribution in [0.15, 0.2) is 36.5 Å². The minimum absolute atomic E-state index is 0.213. The molecule has 1 aromatic carbocycles. The Morgan fingerprint density at radius 2 is 2.10 bits per heavy atom. The Kier molecular flexibility index (Phi) is 4.94. The molecule has 2 aromatic rings. The van der Waals surface area contributed by atoms with Crippen molar-refractivity contribution < 1.29 is 9.90 Å². The summed E-state index contributed by atoms with van der Waals surface area (Å²) in [4.78, 5) is 11.9. The highest BCUT2D eigenvalue weighted by Crippen LogP contribution is 2.10. The zero-order valence-corrected chi connectivity index (χ0v) is 12.0. The number of aliphatic hydroxyl groups excluding tert-OH is 1. The number of hydrogen-bond donors (Lipinski definition) is 3. The molecule has 0 spiro atoms. The number of anilines is 1. The Morgan fingerprint density at radius 1 is 1.38 bits per heavy atom. The number of carbonyl (C=O) groups is 1. The highest BCUT2D eigenvalue weighted by Gasteiger charge is 2.09. The maximum absolute atomic E-state index is 11.9. The number of benzene rings is 1. The Bertz CT molecular complexity index is 590. The van der Waals surface area contributed by atoms with Crippen molar-refractivity contribution in [3.63, 3.8) is 0 Å². The number of nitrogens with two attached hydrogens (primary N) is 1. The van der Waals surface area contributed by atoms with E-state index in [4.69, 9.17) is 10.8 Å². The van der Waals surface area contributed by atoms with E-state index in [0.29, 0.717) is 24.3 Å². The van der Waals surface area contributed by atoms with Crippen LogP contribution in [-0.4, -0.2) is 33.4 Å². The molecule has 0 aliphatic rings. The summed E-state index contributed by atoms with van der Waals surface area (Å²) < 4.78 is 1.63. The predicted molar refractivity (Wildman–Crippen MR) is 81.2 cm³/mol. The molecule has 4 N–H and O–H groups in total. The molecule has 0 saturated carbocycles.